The van der Waals surface area contributed by atoms with Gasteiger partial charge in [-0.05, 0) is 31.0 Å². The summed E-state index contributed by atoms with van der Waals surface area (Å²) in [7, 11) is 0. The van der Waals surface area contributed by atoms with Crippen LogP contribution in [-0.4, -0.2) is 30.8 Å². The highest BCUT2D eigenvalue weighted by atomic mass is 16.5. The lowest BCUT2D eigenvalue weighted by Gasteiger charge is -2.09. The first kappa shape index (κ1) is 10.8. The van der Waals surface area contributed by atoms with Gasteiger partial charge in [-0.25, -0.2) is 0 Å². The predicted octanol–water partition coefficient (Wildman–Crippen LogP) is 2.09. The molecule has 0 aliphatic carbocycles. The Morgan fingerprint density at radius 3 is 3.18 bits per heavy atom. The van der Waals surface area contributed by atoms with Gasteiger partial charge in [0.05, 0.1) is 6.61 Å². The molecule has 1 saturated heterocycles. The topological polar surface area (TPSA) is 37.0 Å². The van der Waals surface area contributed by atoms with Crippen molar-refractivity contribution in [3.63, 3.8) is 0 Å². The van der Waals surface area contributed by atoms with Gasteiger partial charge in [0.1, 0.15) is 0 Å². The number of hydrogen-bond acceptors (Lipinski definition) is 2. The van der Waals surface area contributed by atoms with Crippen molar-refractivity contribution < 1.29 is 4.74 Å². The quantitative estimate of drug-likeness (QED) is 0.844. The SMILES string of the molecule is c1ccc2c(CCNC3CCOC3)c[nH]c2c1. The van der Waals surface area contributed by atoms with Crippen LogP contribution in [0, 0.1) is 0 Å². The molecular weight excluding hydrogens is 212 g/mol. The van der Waals surface area contributed by atoms with Gasteiger partial charge in [0.15, 0.2) is 0 Å². The lowest BCUT2D eigenvalue weighted by Crippen LogP contribution is -2.30. The van der Waals surface area contributed by atoms with E-state index in [1.165, 1.54) is 16.5 Å². The monoisotopic (exact) mass is 230 g/mol. The Labute approximate surface area is 101 Å². The van der Waals surface area contributed by atoms with Gasteiger partial charge in [-0.3, -0.25) is 0 Å². The lowest BCUT2D eigenvalue weighted by atomic mass is 10.1. The van der Waals surface area contributed by atoms with Gasteiger partial charge in [0, 0.05) is 29.7 Å². The van der Waals surface area contributed by atoms with E-state index in [0.29, 0.717) is 6.04 Å². The first-order chi connectivity index (χ1) is 8.43. The minimum absolute atomic E-state index is 0.556. The summed E-state index contributed by atoms with van der Waals surface area (Å²) in [5, 5.41) is 4.89. The summed E-state index contributed by atoms with van der Waals surface area (Å²) in [6.45, 7) is 2.80. The van der Waals surface area contributed by atoms with Gasteiger partial charge in [0.2, 0.25) is 0 Å². The third-order valence-corrected chi connectivity index (χ3v) is 3.43. The van der Waals surface area contributed by atoms with E-state index < -0.39 is 0 Å². The van der Waals surface area contributed by atoms with Crippen molar-refractivity contribution in [1.29, 1.82) is 0 Å². The molecule has 0 radical (unpaired) electrons. The average molecular weight is 230 g/mol. The van der Waals surface area contributed by atoms with Gasteiger partial charge in [-0.15, -0.1) is 0 Å². The van der Waals surface area contributed by atoms with Crippen molar-refractivity contribution in [2.45, 2.75) is 18.9 Å². The largest absolute Gasteiger partial charge is 0.380 e. The molecule has 1 aliphatic heterocycles. The lowest BCUT2D eigenvalue weighted by molar-refractivity contribution is 0.190. The van der Waals surface area contributed by atoms with Crippen LogP contribution in [0.15, 0.2) is 30.5 Å². The molecule has 2 aromatic rings. The van der Waals surface area contributed by atoms with Crippen molar-refractivity contribution in [3.05, 3.63) is 36.0 Å². The molecular formula is C14H18N2O. The van der Waals surface area contributed by atoms with Gasteiger partial charge < -0.3 is 15.0 Å². The molecule has 1 aromatic carbocycles. The van der Waals surface area contributed by atoms with E-state index in [-0.39, 0.29) is 0 Å². The van der Waals surface area contributed by atoms with E-state index in [0.717, 1.165) is 32.6 Å². The van der Waals surface area contributed by atoms with Crippen LogP contribution < -0.4 is 5.32 Å². The summed E-state index contributed by atoms with van der Waals surface area (Å²) < 4.78 is 5.35. The van der Waals surface area contributed by atoms with E-state index in [2.05, 4.69) is 40.8 Å². The summed E-state index contributed by atoms with van der Waals surface area (Å²) in [6, 6.07) is 9.02. The van der Waals surface area contributed by atoms with E-state index in [1.807, 2.05) is 0 Å². The zero-order valence-corrected chi connectivity index (χ0v) is 9.91. The molecule has 2 N–H and O–H groups in total. The number of ether oxygens (including phenoxy) is 1. The van der Waals surface area contributed by atoms with Crippen LogP contribution >= 0.6 is 0 Å². The Balaban J connectivity index is 1.60. The summed E-state index contributed by atoms with van der Waals surface area (Å²) in [6.07, 6.45) is 4.34. The molecule has 3 nitrogen and oxygen atoms in total. The number of hydrogen-bond donors (Lipinski definition) is 2. The third kappa shape index (κ3) is 2.35. The van der Waals surface area contributed by atoms with E-state index in [9.17, 15) is 0 Å². The molecule has 1 unspecified atom stereocenters. The molecule has 0 amide bonds. The number of H-pyrrole nitrogens is 1. The number of fused-ring (bicyclic) bond motifs is 1. The highest BCUT2D eigenvalue weighted by molar-refractivity contribution is 5.83. The minimum Gasteiger partial charge on any atom is -0.380 e. The molecule has 0 spiro atoms. The smallest absolute Gasteiger partial charge is 0.0620 e. The van der Waals surface area contributed by atoms with Crippen LogP contribution in [0.2, 0.25) is 0 Å². The van der Waals surface area contributed by atoms with E-state index >= 15 is 0 Å². The van der Waals surface area contributed by atoms with Crippen LogP contribution in [0.4, 0.5) is 0 Å². The highest BCUT2D eigenvalue weighted by Gasteiger charge is 2.14. The molecule has 2 heterocycles. The van der Waals surface area contributed by atoms with E-state index in [1.54, 1.807) is 0 Å². The van der Waals surface area contributed by atoms with Crippen molar-refractivity contribution in [1.82, 2.24) is 10.3 Å². The minimum atomic E-state index is 0.556. The maximum Gasteiger partial charge on any atom is 0.0620 e. The number of benzene rings is 1. The summed E-state index contributed by atoms with van der Waals surface area (Å²) in [4.78, 5) is 3.31. The molecule has 1 atom stereocenters. The second-order valence-corrected chi connectivity index (χ2v) is 4.62. The fourth-order valence-corrected chi connectivity index (χ4v) is 2.44. The molecule has 0 saturated carbocycles. The van der Waals surface area contributed by atoms with Crippen LogP contribution in [0.25, 0.3) is 10.9 Å². The molecule has 1 aliphatic rings. The average Bonchev–Trinajstić information content (AvgIpc) is 2.99. The Morgan fingerprint density at radius 1 is 1.35 bits per heavy atom. The molecule has 3 heteroatoms. The Hall–Kier alpha value is -1.32. The fourth-order valence-electron chi connectivity index (χ4n) is 2.44. The molecule has 3 rings (SSSR count). The zero-order valence-electron chi connectivity index (χ0n) is 9.91. The first-order valence-electron chi connectivity index (χ1n) is 6.29. The van der Waals surface area contributed by atoms with E-state index in [4.69, 9.17) is 4.74 Å². The second kappa shape index (κ2) is 4.90. The number of aromatic nitrogens is 1. The maximum absolute atomic E-state index is 5.35. The Bertz CT molecular complexity index is 486. The second-order valence-electron chi connectivity index (χ2n) is 4.62. The molecule has 90 valence electrons. The van der Waals surface area contributed by atoms with Crippen LogP contribution in [0.1, 0.15) is 12.0 Å². The predicted molar refractivity (Wildman–Crippen MR) is 69.2 cm³/mol. The van der Waals surface area contributed by atoms with Gasteiger partial charge in [-0.2, -0.15) is 0 Å². The normalized spacial score (nSPS) is 20.1. The maximum atomic E-state index is 5.35. The third-order valence-electron chi connectivity index (χ3n) is 3.43. The first-order valence-corrected chi connectivity index (χ1v) is 6.29. The number of aromatic amines is 1. The van der Waals surface area contributed by atoms with Gasteiger partial charge in [-0.1, -0.05) is 18.2 Å². The molecule has 17 heavy (non-hydrogen) atoms. The highest BCUT2D eigenvalue weighted by Crippen LogP contribution is 2.17. The molecule has 0 bridgehead atoms. The van der Waals surface area contributed by atoms with Crippen LogP contribution in [-0.2, 0) is 11.2 Å². The number of para-hydroxylation sites is 1. The standard InChI is InChI=1S/C14H18N2O/c1-2-4-14-13(3-1)11(9-16-14)5-7-15-12-6-8-17-10-12/h1-4,9,12,15-16H,5-8,10H2. The summed E-state index contributed by atoms with van der Waals surface area (Å²) in [5.74, 6) is 0. The van der Waals surface area contributed by atoms with Gasteiger partial charge in [0.25, 0.3) is 0 Å². The van der Waals surface area contributed by atoms with Crippen LogP contribution in [0.5, 0.6) is 0 Å². The van der Waals surface area contributed by atoms with Crippen molar-refractivity contribution in [2.24, 2.45) is 0 Å². The Morgan fingerprint density at radius 2 is 2.29 bits per heavy atom. The van der Waals surface area contributed by atoms with Crippen molar-refractivity contribution in [3.8, 4) is 0 Å². The summed E-state index contributed by atoms with van der Waals surface area (Å²) in [5.41, 5.74) is 2.62. The van der Waals surface area contributed by atoms with Crippen molar-refractivity contribution in [2.75, 3.05) is 19.8 Å². The molecule has 1 fully saturated rings. The number of rotatable bonds is 4. The van der Waals surface area contributed by atoms with Crippen molar-refractivity contribution >= 4 is 10.9 Å². The van der Waals surface area contributed by atoms with Crippen LogP contribution in [0.3, 0.4) is 0 Å². The summed E-state index contributed by atoms with van der Waals surface area (Å²) >= 11 is 0. The molecule has 1 aromatic heterocycles. The fraction of sp³-hybridized carbons (Fsp3) is 0.429. The van der Waals surface area contributed by atoms with Gasteiger partial charge >= 0.3 is 0 Å². The zero-order chi connectivity index (χ0) is 11.5. The Kier molecular flexibility index (Phi) is 3.12. The number of nitrogens with one attached hydrogen (secondary N) is 2.